The number of rotatable bonds is 8. The van der Waals surface area contributed by atoms with Gasteiger partial charge in [-0.1, -0.05) is 24.3 Å². The number of halogens is 5. The average molecular weight is 585 g/mol. The molecule has 0 aliphatic carbocycles. The van der Waals surface area contributed by atoms with Gasteiger partial charge in [-0.05, 0) is 29.8 Å². The van der Waals surface area contributed by atoms with Gasteiger partial charge in [0.25, 0.3) is 11.8 Å². The fraction of sp³-hybridized carbons (Fsp3) is 0.320. The first kappa shape index (κ1) is 29.0. The van der Waals surface area contributed by atoms with Gasteiger partial charge in [0.05, 0.1) is 18.5 Å². The lowest BCUT2D eigenvalue weighted by Crippen LogP contribution is -2.31. The highest BCUT2D eigenvalue weighted by molar-refractivity contribution is 7.92. The summed E-state index contributed by atoms with van der Waals surface area (Å²) in [6, 6.07) is 12.1. The molecule has 0 saturated carbocycles. The Balaban J connectivity index is 1.57. The summed E-state index contributed by atoms with van der Waals surface area (Å²) in [7, 11) is -2.30. The van der Waals surface area contributed by atoms with Crippen LogP contribution in [0.2, 0.25) is 0 Å². The summed E-state index contributed by atoms with van der Waals surface area (Å²) in [5, 5.41) is 5.36. The van der Waals surface area contributed by atoms with E-state index in [1.54, 1.807) is 18.2 Å². The second-order valence-corrected chi connectivity index (χ2v) is 11.2. The Kier molecular flexibility index (Phi) is 7.87. The number of alkyl halides is 5. The van der Waals surface area contributed by atoms with E-state index in [1.165, 1.54) is 37.4 Å². The third-order valence-electron chi connectivity index (χ3n) is 6.19. The number of hydrogen-bond donors (Lipinski definition) is 2. The highest BCUT2D eigenvalue weighted by Gasteiger charge is 2.40. The lowest BCUT2D eigenvalue weighted by molar-refractivity contribution is -0.137. The maximum absolute atomic E-state index is 13.7. The van der Waals surface area contributed by atoms with Gasteiger partial charge in [-0.25, -0.2) is 22.2 Å². The molecule has 9 nitrogen and oxygen atoms in total. The summed E-state index contributed by atoms with van der Waals surface area (Å²) < 4.78 is 93.2. The van der Waals surface area contributed by atoms with Crippen molar-refractivity contribution < 1.29 is 35.2 Å². The number of benzene rings is 2. The van der Waals surface area contributed by atoms with Gasteiger partial charge in [-0.15, -0.1) is 0 Å². The minimum absolute atomic E-state index is 0.0936. The van der Waals surface area contributed by atoms with Crippen molar-refractivity contribution in [2.75, 3.05) is 41.3 Å². The molecule has 0 bridgehead atoms. The van der Waals surface area contributed by atoms with E-state index >= 15 is 0 Å². The largest absolute Gasteiger partial charge is 0.421 e. The first-order valence-electron chi connectivity index (χ1n) is 11.9. The molecule has 1 fully saturated rings. The van der Waals surface area contributed by atoms with Crippen LogP contribution in [0.25, 0.3) is 0 Å². The molecule has 1 saturated heterocycles. The van der Waals surface area contributed by atoms with Crippen LogP contribution >= 0.6 is 0 Å². The van der Waals surface area contributed by atoms with Crippen LogP contribution in [0.15, 0.2) is 54.7 Å². The molecule has 1 aromatic heterocycles. The monoisotopic (exact) mass is 584 g/mol. The van der Waals surface area contributed by atoms with E-state index in [0.29, 0.717) is 11.8 Å². The zero-order valence-corrected chi connectivity index (χ0v) is 22.2. The number of sulfonamides is 1. The van der Waals surface area contributed by atoms with E-state index in [4.69, 9.17) is 0 Å². The Hall–Kier alpha value is -4.01. The number of likely N-dealkylation sites (tertiary alicyclic amines) is 1. The summed E-state index contributed by atoms with van der Waals surface area (Å²) in [5.74, 6) is -4.35. The van der Waals surface area contributed by atoms with Gasteiger partial charge in [-0.2, -0.15) is 18.2 Å². The number of nitrogens with one attached hydrogen (secondary N) is 2. The molecule has 2 N–H and O–H groups in total. The van der Waals surface area contributed by atoms with Crippen LogP contribution in [0.4, 0.5) is 45.1 Å². The number of hydrogen-bond acceptors (Lipinski definition) is 7. The molecule has 0 radical (unpaired) electrons. The molecule has 1 amide bonds. The Bertz CT molecular complexity index is 1520. The van der Waals surface area contributed by atoms with Crippen molar-refractivity contribution in [3.05, 3.63) is 71.4 Å². The van der Waals surface area contributed by atoms with Crippen molar-refractivity contribution in [2.24, 2.45) is 0 Å². The number of anilines is 4. The number of carbonyl (C=O) groups is 1. The molecule has 0 atom stereocenters. The first-order chi connectivity index (χ1) is 18.6. The molecule has 15 heteroatoms. The zero-order valence-electron chi connectivity index (χ0n) is 21.3. The zero-order chi connectivity index (χ0) is 29.3. The topological polar surface area (TPSA) is 108 Å². The van der Waals surface area contributed by atoms with Crippen LogP contribution in [0.3, 0.4) is 0 Å². The molecule has 2 heterocycles. The minimum Gasteiger partial charge on any atom is -0.365 e. The number of amides is 1. The van der Waals surface area contributed by atoms with Gasteiger partial charge in [0.15, 0.2) is 0 Å². The molecule has 40 heavy (non-hydrogen) atoms. The second-order valence-electron chi connectivity index (χ2n) is 9.20. The van der Waals surface area contributed by atoms with E-state index < -0.39 is 52.4 Å². The molecule has 0 unspecified atom stereocenters. The van der Waals surface area contributed by atoms with Crippen LogP contribution in [-0.4, -0.2) is 61.5 Å². The van der Waals surface area contributed by atoms with E-state index in [1.807, 2.05) is 0 Å². The number of para-hydroxylation sites is 1. The Morgan fingerprint density at radius 2 is 1.88 bits per heavy atom. The molecule has 0 spiro atoms. The maximum atomic E-state index is 13.7. The van der Waals surface area contributed by atoms with Crippen LogP contribution < -0.4 is 14.9 Å². The predicted octanol–water partition coefficient (Wildman–Crippen LogP) is 4.73. The van der Waals surface area contributed by atoms with Crippen LogP contribution in [0.5, 0.6) is 0 Å². The minimum atomic E-state index is -4.80. The molecule has 214 valence electrons. The Labute approximate surface area is 227 Å². The quantitative estimate of drug-likeness (QED) is 0.369. The second kappa shape index (κ2) is 10.9. The Morgan fingerprint density at radius 3 is 2.52 bits per heavy atom. The van der Waals surface area contributed by atoms with E-state index in [2.05, 4.69) is 20.6 Å². The SMILES string of the molecule is CN(c1ccccc1CNc1nc(Nc2cccc(C(=O)N3CCC(F)(F)C3)c2)ncc1C(F)(F)F)S(C)(=O)=O. The predicted molar refractivity (Wildman–Crippen MR) is 139 cm³/mol. The van der Waals surface area contributed by atoms with E-state index in [9.17, 15) is 35.2 Å². The molecular formula is C25H25F5N6O3S. The fourth-order valence-corrected chi connectivity index (χ4v) is 4.60. The van der Waals surface area contributed by atoms with E-state index in [0.717, 1.165) is 15.5 Å². The highest BCUT2D eigenvalue weighted by Crippen LogP contribution is 2.35. The molecule has 1 aliphatic heterocycles. The van der Waals surface area contributed by atoms with Gasteiger partial charge >= 0.3 is 6.18 Å². The lowest BCUT2D eigenvalue weighted by atomic mass is 10.1. The highest BCUT2D eigenvalue weighted by atomic mass is 32.2. The fourth-order valence-electron chi connectivity index (χ4n) is 4.06. The van der Waals surface area contributed by atoms with Crippen LogP contribution in [0, 0.1) is 0 Å². The van der Waals surface area contributed by atoms with Gasteiger partial charge < -0.3 is 15.5 Å². The summed E-state index contributed by atoms with van der Waals surface area (Å²) in [4.78, 5) is 21.4. The average Bonchev–Trinajstić information content (AvgIpc) is 3.25. The number of carbonyl (C=O) groups excluding carboxylic acids is 1. The summed E-state index contributed by atoms with van der Waals surface area (Å²) in [6.45, 7) is -0.979. The van der Waals surface area contributed by atoms with Gasteiger partial charge in [0, 0.05) is 44.0 Å². The van der Waals surface area contributed by atoms with Crippen molar-refractivity contribution >= 4 is 39.1 Å². The van der Waals surface area contributed by atoms with E-state index in [-0.39, 0.29) is 36.0 Å². The Morgan fingerprint density at radius 1 is 1.15 bits per heavy atom. The van der Waals surface area contributed by atoms with Crippen LogP contribution in [0.1, 0.15) is 27.9 Å². The first-order valence-corrected chi connectivity index (χ1v) is 13.7. The number of nitrogens with zero attached hydrogens (tertiary/aromatic N) is 4. The van der Waals surface area contributed by atoms with Crippen molar-refractivity contribution in [1.29, 1.82) is 0 Å². The molecule has 3 aromatic rings. The van der Waals surface area contributed by atoms with Crippen LogP contribution in [-0.2, 0) is 22.7 Å². The molecule has 4 rings (SSSR count). The third kappa shape index (κ3) is 6.76. The standard InChI is InChI=1S/C25H25F5N6O3S/c1-35(40(2,38)39)20-9-4-3-6-17(20)13-31-21-19(25(28,29)30)14-32-23(34-21)33-18-8-5-7-16(12-18)22(37)36-11-10-24(26,27)15-36/h3-9,12,14H,10-11,13,15H2,1-2H3,(H2,31,32,33,34). The molecule has 1 aliphatic rings. The number of aromatic nitrogens is 2. The van der Waals surface area contributed by atoms with Gasteiger partial charge in [0.2, 0.25) is 16.0 Å². The van der Waals surface area contributed by atoms with Crippen molar-refractivity contribution in [2.45, 2.75) is 25.1 Å². The smallest absolute Gasteiger partial charge is 0.365 e. The van der Waals surface area contributed by atoms with Crippen molar-refractivity contribution in [3.8, 4) is 0 Å². The maximum Gasteiger partial charge on any atom is 0.421 e. The van der Waals surface area contributed by atoms with Crippen molar-refractivity contribution in [3.63, 3.8) is 0 Å². The summed E-state index contributed by atoms with van der Waals surface area (Å²) in [6.07, 6.45) is -3.63. The third-order valence-corrected chi connectivity index (χ3v) is 7.38. The molecular weight excluding hydrogens is 559 g/mol. The molecule has 2 aromatic carbocycles. The summed E-state index contributed by atoms with van der Waals surface area (Å²) >= 11 is 0. The normalized spacial score (nSPS) is 15.1. The van der Waals surface area contributed by atoms with Crippen molar-refractivity contribution in [1.82, 2.24) is 14.9 Å². The van der Waals surface area contributed by atoms with Gasteiger partial charge in [-0.3, -0.25) is 9.10 Å². The summed E-state index contributed by atoms with van der Waals surface area (Å²) in [5.41, 5.74) is -0.112. The lowest BCUT2D eigenvalue weighted by Gasteiger charge is -2.21. The van der Waals surface area contributed by atoms with Gasteiger partial charge in [0.1, 0.15) is 11.4 Å².